The highest BCUT2D eigenvalue weighted by atomic mass is 16.7. The van der Waals surface area contributed by atoms with Crippen molar-refractivity contribution in [1.29, 1.82) is 0 Å². The van der Waals surface area contributed by atoms with Crippen molar-refractivity contribution in [2.75, 3.05) is 0 Å². The number of Topliss-reactive ketones (excluding diaryl/α,β-unsaturated/α-hetero) is 1. The monoisotopic (exact) mass is 408 g/mol. The van der Waals surface area contributed by atoms with E-state index in [0.29, 0.717) is 12.0 Å². The van der Waals surface area contributed by atoms with E-state index in [1.165, 1.54) is 6.92 Å². The molecule has 1 saturated heterocycles. The Bertz CT molecular complexity index is 788. The number of esters is 1. The zero-order valence-electron chi connectivity index (χ0n) is 17.9. The van der Waals surface area contributed by atoms with E-state index in [0.717, 1.165) is 0 Å². The van der Waals surface area contributed by atoms with Crippen molar-refractivity contribution in [2.45, 2.75) is 83.6 Å². The molecular weight excluding hydrogens is 376 g/mol. The Kier molecular flexibility index (Phi) is 4.43. The lowest BCUT2D eigenvalue weighted by Crippen LogP contribution is -2.43. The fourth-order valence-electron chi connectivity index (χ4n) is 6.41. The second kappa shape index (κ2) is 6.13. The maximum Gasteiger partial charge on any atom is 0.302 e. The van der Waals surface area contributed by atoms with E-state index in [2.05, 4.69) is 0 Å². The predicted molar refractivity (Wildman–Crippen MR) is 103 cm³/mol. The molecule has 1 heterocycles. The van der Waals surface area contributed by atoms with Crippen LogP contribution < -0.4 is 0 Å². The number of fused-ring (bicyclic) bond motifs is 1. The summed E-state index contributed by atoms with van der Waals surface area (Å²) in [6, 6.07) is 0. The first-order valence-corrected chi connectivity index (χ1v) is 10.5. The highest BCUT2D eigenvalue weighted by Crippen LogP contribution is 2.67. The molecular formula is C22H32O7. The summed E-state index contributed by atoms with van der Waals surface area (Å²) in [5.41, 5.74) is -2.32. The average Bonchev–Trinajstić information content (AvgIpc) is 3.43. The van der Waals surface area contributed by atoms with E-state index in [9.17, 15) is 24.9 Å². The van der Waals surface area contributed by atoms with Crippen molar-refractivity contribution in [3.8, 4) is 0 Å². The van der Waals surface area contributed by atoms with E-state index >= 15 is 0 Å². The minimum Gasteiger partial charge on any atom is -0.461 e. The summed E-state index contributed by atoms with van der Waals surface area (Å²) >= 11 is 0. The van der Waals surface area contributed by atoms with Gasteiger partial charge in [-0.2, -0.15) is 0 Å². The van der Waals surface area contributed by atoms with Crippen molar-refractivity contribution in [2.24, 2.45) is 29.1 Å². The van der Waals surface area contributed by atoms with Crippen molar-refractivity contribution < 1.29 is 34.4 Å². The molecule has 0 spiro atoms. The Morgan fingerprint density at radius 2 is 1.83 bits per heavy atom. The summed E-state index contributed by atoms with van der Waals surface area (Å²) < 4.78 is 11.6. The topological polar surface area (TPSA) is 117 Å². The van der Waals surface area contributed by atoms with E-state index < -0.39 is 52.9 Å². The molecule has 0 unspecified atom stereocenters. The van der Waals surface area contributed by atoms with Crippen molar-refractivity contribution in [1.82, 2.24) is 0 Å². The van der Waals surface area contributed by atoms with Crippen LogP contribution in [0.3, 0.4) is 0 Å². The van der Waals surface area contributed by atoms with Gasteiger partial charge in [0.1, 0.15) is 12.2 Å². The van der Waals surface area contributed by atoms with Gasteiger partial charge in [-0.1, -0.05) is 27.7 Å². The Morgan fingerprint density at radius 1 is 1.21 bits per heavy atom. The summed E-state index contributed by atoms with van der Waals surface area (Å²) in [7, 11) is 0. The summed E-state index contributed by atoms with van der Waals surface area (Å²) in [6.45, 7) is 10.5. The van der Waals surface area contributed by atoms with Gasteiger partial charge in [0.25, 0.3) is 0 Å². The molecule has 7 nitrogen and oxygen atoms in total. The normalized spacial score (nSPS) is 54.8. The number of hydrogen-bond donors (Lipinski definition) is 3. The van der Waals surface area contributed by atoms with Gasteiger partial charge in [-0.25, -0.2) is 0 Å². The number of ether oxygens (including phenoxy) is 2. The Hall–Kier alpha value is -1.28. The van der Waals surface area contributed by atoms with Gasteiger partial charge in [-0.3, -0.25) is 9.59 Å². The summed E-state index contributed by atoms with van der Waals surface area (Å²) in [5.74, 6) is -2.10. The molecule has 29 heavy (non-hydrogen) atoms. The second-order valence-electron chi connectivity index (χ2n) is 10.3. The molecule has 0 radical (unpaired) electrons. The van der Waals surface area contributed by atoms with Gasteiger partial charge in [0.05, 0.1) is 18.1 Å². The van der Waals surface area contributed by atoms with Gasteiger partial charge in [-0.15, -0.1) is 0 Å². The van der Waals surface area contributed by atoms with Gasteiger partial charge >= 0.3 is 5.97 Å². The first kappa shape index (κ1) is 21.0. The third kappa shape index (κ3) is 2.57. The largest absolute Gasteiger partial charge is 0.461 e. The Balaban J connectivity index is 1.83. The van der Waals surface area contributed by atoms with Crippen LogP contribution in [-0.2, 0) is 19.1 Å². The molecule has 1 aliphatic heterocycles. The van der Waals surface area contributed by atoms with Crippen LogP contribution in [0, 0.1) is 29.1 Å². The molecule has 0 aromatic carbocycles. The fourth-order valence-corrected chi connectivity index (χ4v) is 6.41. The molecule has 4 aliphatic rings. The Morgan fingerprint density at radius 3 is 2.41 bits per heavy atom. The molecule has 7 heteroatoms. The van der Waals surface area contributed by atoms with Crippen LogP contribution in [-0.4, -0.2) is 62.7 Å². The summed E-state index contributed by atoms with van der Waals surface area (Å²) in [4.78, 5) is 25.5. The molecule has 4 rings (SSSR count). The summed E-state index contributed by atoms with van der Waals surface area (Å²) in [5, 5.41) is 32.6. The van der Waals surface area contributed by atoms with E-state index in [1.54, 1.807) is 19.9 Å². The third-order valence-corrected chi connectivity index (χ3v) is 8.08. The van der Waals surface area contributed by atoms with Crippen LogP contribution in [0.4, 0.5) is 0 Å². The third-order valence-electron chi connectivity index (χ3n) is 8.08. The first-order valence-electron chi connectivity index (χ1n) is 10.5. The molecule has 3 aliphatic carbocycles. The number of aliphatic hydroxyl groups is 3. The highest BCUT2D eigenvalue weighted by Gasteiger charge is 2.82. The molecule has 0 aromatic heterocycles. The minimum absolute atomic E-state index is 0.161. The number of rotatable bonds is 1. The number of ketones is 1. The van der Waals surface area contributed by atoms with Crippen molar-refractivity contribution >= 4 is 11.8 Å². The van der Waals surface area contributed by atoms with Gasteiger partial charge in [0.2, 0.25) is 0 Å². The molecule has 3 fully saturated rings. The van der Waals surface area contributed by atoms with Crippen LogP contribution in [0.5, 0.6) is 0 Å². The van der Waals surface area contributed by atoms with Crippen LogP contribution in [0.25, 0.3) is 0 Å². The molecule has 0 bridgehead atoms. The average molecular weight is 408 g/mol. The number of hydrogen-bond acceptors (Lipinski definition) is 7. The number of aliphatic hydroxyl groups excluding tert-OH is 3. The SMILES string of the molecule is CC(=O)O[C@@H]1[C@@H]2[C@H]([C@H](O)[C@H](O)/C(C)=C\[C@@]34O[C@@]3(C[C@H](C)[C@@H]4O)C(=O)[C@@H]1C)C2(C)C. The second-order valence-corrected chi connectivity index (χ2v) is 10.3. The standard InChI is InChI=1S/C22H32O7/c1-9-7-21-18(26)10(2)8-22(21,29-21)19(27)11(3)17(28-12(4)23)14-13(20(14,5)6)16(25)15(9)24/h7,10-11,13-18,24-26H,8H2,1-6H3/b9-7-/t10-,11+,13+,14-,15+,16-,17-,18-,21-,22-/m0/s1. The molecule has 3 N–H and O–H groups in total. The Labute approximate surface area is 171 Å². The van der Waals surface area contributed by atoms with E-state index in [1.807, 2.05) is 20.8 Å². The molecule has 10 atom stereocenters. The van der Waals surface area contributed by atoms with Gasteiger partial charge < -0.3 is 24.8 Å². The molecule has 2 saturated carbocycles. The number of epoxide rings is 1. The van der Waals surface area contributed by atoms with E-state index in [4.69, 9.17) is 9.47 Å². The van der Waals surface area contributed by atoms with Gasteiger partial charge in [0.15, 0.2) is 17.0 Å². The minimum atomic E-state index is -1.20. The van der Waals surface area contributed by atoms with Crippen LogP contribution in [0.15, 0.2) is 11.6 Å². The predicted octanol–water partition coefficient (Wildman–Crippen LogP) is 0.986. The van der Waals surface area contributed by atoms with E-state index in [-0.39, 0.29) is 23.5 Å². The zero-order chi connectivity index (χ0) is 21.7. The first-order chi connectivity index (χ1) is 13.3. The summed E-state index contributed by atoms with van der Waals surface area (Å²) in [6.07, 6.45) is -1.86. The quantitative estimate of drug-likeness (QED) is 0.336. The number of carbonyl (C=O) groups is 2. The number of carbonyl (C=O) groups excluding carboxylic acids is 2. The van der Waals surface area contributed by atoms with Gasteiger partial charge in [-0.05, 0) is 36.3 Å². The molecule has 162 valence electrons. The zero-order valence-corrected chi connectivity index (χ0v) is 17.9. The van der Waals surface area contributed by atoms with Crippen LogP contribution in [0.2, 0.25) is 0 Å². The molecule has 0 aromatic rings. The van der Waals surface area contributed by atoms with Crippen molar-refractivity contribution in [3.05, 3.63) is 11.6 Å². The van der Waals surface area contributed by atoms with Crippen LogP contribution >= 0.6 is 0 Å². The lowest BCUT2D eigenvalue weighted by Gasteiger charge is -2.26. The van der Waals surface area contributed by atoms with Crippen LogP contribution in [0.1, 0.15) is 48.0 Å². The smallest absolute Gasteiger partial charge is 0.302 e. The lowest BCUT2D eigenvalue weighted by molar-refractivity contribution is -0.154. The lowest BCUT2D eigenvalue weighted by atomic mass is 9.80. The maximum absolute atomic E-state index is 13.7. The molecule has 0 amide bonds. The highest BCUT2D eigenvalue weighted by molar-refractivity contribution is 5.96. The van der Waals surface area contributed by atoms with Crippen molar-refractivity contribution in [3.63, 3.8) is 0 Å². The van der Waals surface area contributed by atoms with Gasteiger partial charge in [0, 0.05) is 18.8 Å². The maximum atomic E-state index is 13.7. The fraction of sp³-hybridized carbons (Fsp3) is 0.818.